The van der Waals surface area contributed by atoms with Crippen molar-refractivity contribution in [2.24, 2.45) is 5.73 Å². The Labute approximate surface area is 83.2 Å². The van der Waals surface area contributed by atoms with Gasteiger partial charge in [0, 0.05) is 6.04 Å². The zero-order valence-corrected chi connectivity index (χ0v) is 8.16. The van der Waals surface area contributed by atoms with E-state index < -0.39 is 0 Å². The maximum atomic E-state index is 13.2. The van der Waals surface area contributed by atoms with Crippen LogP contribution in [-0.4, -0.2) is 7.11 Å². The highest BCUT2D eigenvalue weighted by molar-refractivity contribution is 5.31. The zero-order chi connectivity index (χ0) is 10.6. The number of nitrogens with two attached hydrogens (primary N) is 1. The second-order valence-electron chi connectivity index (χ2n) is 3.02. The van der Waals surface area contributed by atoms with Crippen LogP contribution in [0.4, 0.5) is 4.39 Å². The Bertz CT molecular complexity index is 325. The van der Waals surface area contributed by atoms with Gasteiger partial charge >= 0.3 is 0 Å². The minimum Gasteiger partial charge on any atom is -0.494 e. The van der Waals surface area contributed by atoms with Gasteiger partial charge in [-0.25, -0.2) is 4.39 Å². The quantitative estimate of drug-likeness (QED) is 0.749. The number of hydrogen-bond donors (Lipinski definition) is 1. The fourth-order valence-corrected chi connectivity index (χ4v) is 1.23. The van der Waals surface area contributed by atoms with E-state index in [1.54, 1.807) is 18.2 Å². The highest BCUT2D eigenvalue weighted by Crippen LogP contribution is 2.22. The average Bonchev–Trinajstić information content (AvgIpc) is 2.18. The van der Waals surface area contributed by atoms with Crippen LogP contribution in [0, 0.1) is 5.82 Å². The number of hydrogen-bond acceptors (Lipinski definition) is 2. The molecule has 0 spiro atoms. The summed E-state index contributed by atoms with van der Waals surface area (Å²) in [7, 11) is 1.43. The first kappa shape index (κ1) is 10.7. The molecule has 0 heterocycles. The second-order valence-corrected chi connectivity index (χ2v) is 3.02. The highest BCUT2D eigenvalue weighted by atomic mass is 19.1. The molecule has 0 fully saturated rings. The lowest BCUT2D eigenvalue weighted by atomic mass is 10.0. The normalized spacial score (nSPS) is 12.2. The van der Waals surface area contributed by atoms with Gasteiger partial charge in [-0.2, -0.15) is 0 Å². The average molecular weight is 195 g/mol. The fraction of sp³-hybridized carbons (Fsp3) is 0.273. The molecule has 1 aromatic rings. The van der Waals surface area contributed by atoms with Crippen LogP contribution in [0.3, 0.4) is 0 Å². The molecule has 14 heavy (non-hydrogen) atoms. The largest absolute Gasteiger partial charge is 0.494 e. The van der Waals surface area contributed by atoms with Crippen molar-refractivity contribution in [1.82, 2.24) is 0 Å². The summed E-state index contributed by atoms with van der Waals surface area (Å²) in [6.07, 6.45) is 2.35. The van der Waals surface area contributed by atoms with Crippen LogP contribution in [0.1, 0.15) is 18.0 Å². The van der Waals surface area contributed by atoms with Gasteiger partial charge in [0.1, 0.15) is 0 Å². The monoisotopic (exact) mass is 195 g/mol. The third kappa shape index (κ3) is 2.33. The van der Waals surface area contributed by atoms with Crippen LogP contribution in [-0.2, 0) is 0 Å². The number of halogens is 1. The molecule has 1 atom stereocenters. The number of methoxy groups -OCH3 is 1. The molecule has 0 aliphatic carbocycles. The van der Waals surface area contributed by atoms with E-state index in [1.807, 2.05) is 0 Å². The van der Waals surface area contributed by atoms with Crippen LogP contribution in [0.5, 0.6) is 5.75 Å². The minimum absolute atomic E-state index is 0.201. The molecule has 2 N–H and O–H groups in total. The standard InChI is InChI=1S/C11H14FNO/c1-3-4-10(13)8-5-6-11(14-2)9(12)7-8/h3,5-7,10H,1,4,13H2,2H3/t10-/m1/s1. The van der Waals surface area contributed by atoms with Crippen molar-refractivity contribution < 1.29 is 9.13 Å². The molecular weight excluding hydrogens is 181 g/mol. The third-order valence-corrected chi connectivity index (χ3v) is 2.02. The van der Waals surface area contributed by atoms with Gasteiger partial charge in [-0.3, -0.25) is 0 Å². The summed E-state index contributed by atoms with van der Waals surface area (Å²) in [6.45, 7) is 3.58. The van der Waals surface area contributed by atoms with Gasteiger partial charge in [0.05, 0.1) is 7.11 Å². The summed E-state index contributed by atoms with van der Waals surface area (Å²) >= 11 is 0. The Morgan fingerprint density at radius 3 is 2.86 bits per heavy atom. The Morgan fingerprint density at radius 2 is 2.36 bits per heavy atom. The molecule has 1 rings (SSSR count). The zero-order valence-electron chi connectivity index (χ0n) is 8.16. The van der Waals surface area contributed by atoms with Gasteiger partial charge in [-0.1, -0.05) is 12.1 Å². The SMILES string of the molecule is C=CC[C@@H](N)c1ccc(OC)c(F)c1. The smallest absolute Gasteiger partial charge is 0.165 e. The van der Waals surface area contributed by atoms with E-state index in [2.05, 4.69) is 6.58 Å². The molecule has 0 aliphatic heterocycles. The fourth-order valence-electron chi connectivity index (χ4n) is 1.23. The molecule has 0 aliphatic rings. The first-order chi connectivity index (χ1) is 6.69. The van der Waals surface area contributed by atoms with Gasteiger partial charge in [0.25, 0.3) is 0 Å². The summed E-state index contributed by atoms with van der Waals surface area (Å²) in [5, 5.41) is 0. The summed E-state index contributed by atoms with van der Waals surface area (Å²) in [5.41, 5.74) is 6.54. The predicted molar refractivity (Wildman–Crippen MR) is 54.7 cm³/mol. The molecule has 0 amide bonds. The summed E-state index contributed by atoms with van der Waals surface area (Å²) < 4.78 is 18.0. The Balaban J connectivity index is 2.90. The second kappa shape index (κ2) is 4.77. The lowest BCUT2D eigenvalue weighted by Crippen LogP contribution is -2.09. The lowest BCUT2D eigenvalue weighted by molar-refractivity contribution is 0.386. The molecule has 0 radical (unpaired) electrons. The van der Waals surface area contributed by atoms with Crippen molar-refractivity contribution in [2.75, 3.05) is 7.11 Å². The number of rotatable bonds is 4. The van der Waals surface area contributed by atoms with Gasteiger partial charge < -0.3 is 10.5 Å². The molecule has 0 bridgehead atoms. The molecule has 76 valence electrons. The minimum atomic E-state index is -0.385. The number of benzene rings is 1. The van der Waals surface area contributed by atoms with E-state index in [-0.39, 0.29) is 17.6 Å². The molecular formula is C11H14FNO. The van der Waals surface area contributed by atoms with Crippen molar-refractivity contribution in [2.45, 2.75) is 12.5 Å². The first-order valence-electron chi connectivity index (χ1n) is 4.39. The molecule has 0 saturated carbocycles. The summed E-state index contributed by atoms with van der Waals surface area (Å²) in [6, 6.07) is 4.53. The molecule has 3 heteroatoms. The van der Waals surface area contributed by atoms with Crippen LogP contribution >= 0.6 is 0 Å². The van der Waals surface area contributed by atoms with Gasteiger partial charge in [-0.05, 0) is 24.1 Å². The van der Waals surface area contributed by atoms with E-state index in [0.29, 0.717) is 6.42 Å². The molecule has 2 nitrogen and oxygen atoms in total. The Kier molecular flexibility index (Phi) is 3.65. The Morgan fingerprint density at radius 1 is 1.64 bits per heavy atom. The van der Waals surface area contributed by atoms with Crippen molar-refractivity contribution in [1.29, 1.82) is 0 Å². The number of ether oxygens (including phenoxy) is 1. The van der Waals surface area contributed by atoms with Crippen molar-refractivity contribution >= 4 is 0 Å². The first-order valence-corrected chi connectivity index (χ1v) is 4.39. The van der Waals surface area contributed by atoms with E-state index in [0.717, 1.165) is 5.56 Å². The van der Waals surface area contributed by atoms with E-state index in [9.17, 15) is 4.39 Å². The van der Waals surface area contributed by atoms with E-state index in [1.165, 1.54) is 13.2 Å². The van der Waals surface area contributed by atoms with Crippen LogP contribution < -0.4 is 10.5 Å². The maximum Gasteiger partial charge on any atom is 0.165 e. The van der Waals surface area contributed by atoms with Crippen LogP contribution in [0.2, 0.25) is 0 Å². The topological polar surface area (TPSA) is 35.2 Å². The molecule has 1 aromatic carbocycles. The van der Waals surface area contributed by atoms with Gasteiger partial charge in [0.2, 0.25) is 0 Å². The van der Waals surface area contributed by atoms with E-state index in [4.69, 9.17) is 10.5 Å². The maximum absolute atomic E-state index is 13.2. The summed E-state index contributed by atoms with van der Waals surface area (Å²) in [5.74, 6) is -0.149. The predicted octanol–water partition coefficient (Wildman–Crippen LogP) is 2.41. The van der Waals surface area contributed by atoms with Crippen molar-refractivity contribution in [3.8, 4) is 5.75 Å². The van der Waals surface area contributed by atoms with Crippen LogP contribution in [0.25, 0.3) is 0 Å². The van der Waals surface area contributed by atoms with Gasteiger partial charge in [-0.15, -0.1) is 6.58 Å². The Hall–Kier alpha value is -1.35. The molecule has 0 aromatic heterocycles. The van der Waals surface area contributed by atoms with Crippen LogP contribution in [0.15, 0.2) is 30.9 Å². The third-order valence-electron chi connectivity index (χ3n) is 2.02. The van der Waals surface area contributed by atoms with E-state index >= 15 is 0 Å². The molecule has 0 unspecified atom stereocenters. The molecule has 0 saturated heterocycles. The lowest BCUT2D eigenvalue weighted by Gasteiger charge is -2.10. The van der Waals surface area contributed by atoms with Crippen molar-refractivity contribution in [3.05, 3.63) is 42.2 Å². The van der Waals surface area contributed by atoms with Gasteiger partial charge in [0.15, 0.2) is 11.6 Å². The van der Waals surface area contributed by atoms with Crippen molar-refractivity contribution in [3.63, 3.8) is 0 Å². The highest BCUT2D eigenvalue weighted by Gasteiger charge is 2.08. The summed E-state index contributed by atoms with van der Waals surface area (Å²) in [4.78, 5) is 0.